The van der Waals surface area contributed by atoms with Crippen molar-refractivity contribution in [3.8, 4) is 0 Å². The fourth-order valence-electron chi connectivity index (χ4n) is 2.69. The smallest absolute Gasteiger partial charge is 0.317 e. The largest absolute Gasteiger partial charge is 0.385 e. The highest BCUT2D eigenvalue weighted by Gasteiger charge is 2.23. The summed E-state index contributed by atoms with van der Waals surface area (Å²) in [6.07, 6.45) is 2.43. The number of amides is 2. The Morgan fingerprint density at radius 1 is 1.39 bits per heavy atom. The number of anilines is 1. The van der Waals surface area contributed by atoms with Gasteiger partial charge in [-0.15, -0.1) is 0 Å². The molecule has 0 radical (unpaired) electrons. The van der Waals surface area contributed by atoms with E-state index in [1.165, 1.54) is 6.07 Å². The molecule has 2 amide bonds. The molecule has 0 bridgehead atoms. The number of urea groups is 1. The molecule has 2 rings (SSSR count). The number of hydrogen-bond acceptors (Lipinski definition) is 3. The summed E-state index contributed by atoms with van der Waals surface area (Å²) in [7, 11) is 1.65. The van der Waals surface area contributed by atoms with E-state index in [1.54, 1.807) is 19.2 Å². The highest BCUT2D eigenvalue weighted by Crippen LogP contribution is 2.19. The fourth-order valence-corrected chi connectivity index (χ4v) is 2.69. The van der Waals surface area contributed by atoms with E-state index in [0.29, 0.717) is 25.4 Å². The number of likely N-dealkylation sites (tertiary alicyclic amines) is 1. The molecule has 1 fully saturated rings. The zero-order valence-electron chi connectivity index (χ0n) is 13.8. The van der Waals surface area contributed by atoms with Crippen LogP contribution in [0.2, 0.25) is 0 Å². The van der Waals surface area contributed by atoms with Crippen molar-refractivity contribution in [3.63, 3.8) is 0 Å². The summed E-state index contributed by atoms with van der Waals surface area (Å²) in [6, 6.07) is 6.95. The highest BCUT2D eigenvalue weighted by atomic mass is 19.1. The van der Waals surface area contributed by atoms with Gasteiger partial charge in [0.1, 0.15) is 5.82 Å². The molecule has 1 aromatic rings. The first kappa shape index (κ1) is 17.5. The molecule has 128 valence electrons. The molecular formula is C17H26FN3O2. The molecule has 1 aliphatic heterocycles. The zero-order chi connectivity index (χ0) is 16.7. The predicted molar refractivity (Wildman–Crippen MR) is 89.1 cm³/mol. The van der Waals surface area contributed by atoms with Crippen LogP contribution < -0.4 is 10.6 Å². The second kappa shape index (κ2) is 8.72. The van der Waals surface area contributed by atoms with Crippen LogP contribution in [0.1, 0.15) is 26.2 Å². The van der Waals surface area contributed by atoms with E-state index >= 15 is 0 Å². The lowest BCUT2D eigenvalue weighted by Gasteiger charge is -2.33. The first-order valence-corrected chi connectivity index (χ1v) is 8.15. The van der Waals surface area contributed by atoms with Crippen LogP contribution in [0, 0.1) is 5.82 Å². The van der Waals surface area contributed by atoms with Crippen LogP contribution in [0.25, 0.3) is 0 Å². The maximum atomic E-state index is 13.6. The van der Waals surface area contributed by atoms with Crippen molar-refractivity contribution in [2.24, 2.45) is 0 Å². The van der Waals surface area contributed by atoms with E-state index < -0.39 is 0 Å². The van der Waals surface area contributed by atoms with Crippen LogP contribution in [0.15, 0.2) is 24.3 Å². The number of para-hydroxylation sites is 1. The van der Waals surface area contributed by atoms with E-state index in [0.717, 1.165) is 19.3 Å². The maximum Gasteiger partial charge on any atom is 0.317 e. The molecule has 0 aromatic heterocycles. The first-order chi connectivity index (χ1) is 11.1. The second-order valence-corrected chi connectivity index (χ2v) is 6.02. The minimum absolute atomic E-state index is 0.0297. The van der Waals surface area contributed by atoms with Crippen LogP contribution in [0.5, 0.6) is 0 Å². The van der Waals surface area contributed by atoms with Crippen molar-refractivity contribution in [1.82, 2.24) is 10.2 Å². The average Bonchev–Trinajstić information content (AvgIpc) is 2.55. The summed E-state index contributed by atoms with van der Waals surface area (Å²) in [4.78, 5) is 14.0. The molecule has 0 spiro atoms. The zero-order valence-corrected chi connectivity index (χ0v) is 13.8. The van der Waals surface area contributed by atoms with Crippen molar-refractivity contribution in [2.75, 3.05) is 32.1 Å². The van der Waals surface area contributed by atoms with Crippen LogP contribution in [0.3, 0.4) is 0 Å². The van der Waals surface area contributed by atoms with Gasteiger partial charge in [0.25, 0.3) is 0 Å². The minimum Gasteiger partial charge on any atom is -0.385 e. The third kappa shape index (κ3) is 5.39. The Balaban J connectivity index is 1.75. The lowest BCUT2D eigenvalue weighted by Crippen LogP contribution is -2.49. The Morgan fingerprint density at radius 2 is 2.09 bits per heavy atom. The third-order valence-corrected chi connectivity index (χ3v) is 4.14. The van der Waals surface area contributed by atoms with Gasteiger partial charge in [-0.1, -0.05) is 12.1 Å². The van der Waals surface area contributed by atoms with Gasteiger partial charge in [0.2, 0.25) is 0 Å². The maximum absolute atomic E-state index is 13.6. The van der Waals surface area contributed by atoms with Gasteiger partial charge in [-0.2, -0.15) is 0 Å². The van der Waals surface area contributed by atoms with Crippen molar-refractivity contribution < 1.29 is 13.9 Å². The third-order valence-electron chi connectivity index (χ3n) is 4.14. The average molecular weight is 323 g/mol. The van der Waals surface area contributed by atoms with Crippen LogP contribution in [0.4, 0.5) is 14.9 Å². The summed E-state index contributed by atoms with van der Waals surface area (Å²) in [5.74, 6) is -0.236. The molecule has 23 heavy (non-hydrogen) atoms. The van der Waals surface area contributed by atoms with E-state index in [-0.39, 0.29) is 23.9 Å². The molecule has 0 unspecified atom stereocenters. The lowest BCUT2D eigenvalue weighted by atomic mass is 10.0. The Morgan fingerprint density at radius 3 is 2.74 bits per heavy atom. The second-order valence-electron chi connectivity index (χ2n) is 6.02. The van der Waals surface area contributed by atoms with Crippen molar-refractivity contribution in [2.45, 2.75) is 38.3 Å². The molecule has 1 atom stereocenters. The van der Waals surface area contributed by atoms with E-state index in [4.69, 9.17) is 4.74 Å². The SMILES string of the molecule is COCC[C@H](C)NC(=O)N1CCC(Nc2ccccc2F)CC1. The number of nitrogens with zero attached hydrogens (tertiary/aromatic N) is 1. The molecular weight excluding hydrogens is 297 g/mol. The summed E-state index contributed by atoms with van der Waals surface area (Å²) in [5.41, 5.74) is 0.531. The fraction of sp³-hybridized carbons (Fsp3) is 0.588. The molecule has 1 aromatic carbocycles. The van der Waals surface area contributed by atoms with Crippen LogP contribution >= 0.6 is 0 Å². The Bertz CT molecular complexity index is 504. The van der Waals surface area contributed by atoms with Gasteiger partial charge in [0.15, 0.2) is 0 Å². The Hall–Kier alpha value is -1.82. The number of ether oxygens (including phenoxy) is 1. The lowest BCUT2D eigenvalue weighted by molar-refractivity contribution is 0.168. The van der Waals surface area contributed by atoms with Gasteiger partial charge in [-0.25, -0.2) is 9.18 Å². The number of piperidine rings is 1. The summed E-state index contributed by atoms with van der Waals surface area (Å²) in [5, 5.41) is 6.21. The molecule has 5 nitrogen and oxygen atoms in total. The van der Waals surface area contributed by atoms with Gasteiger partial charge in [0.05, 0.1) is 5.69 Å². The number of carbonyl (C=O) groups excluding carboxylic acids is 1. The number of methoxy groups -OCH3 is 1. The number of hydrogen-bond donors (Lipinski definition) is 2. The normalized spacial score (nSPS) is 16.9. The van der Waals surface area contributed by atoms with Crippen molar-refractivity contribution in [3.05, 3.63) is 30.1 Å². The van der Waals surface area contributed by atoms with Gasteiger partial charge in [-0.05, 0) is 38.3 Å². The van der Waals surface area contributed by atoms with Crippen molar-refractivity contribution in [1.29, 1.82) is 0 Å². The predicted octanol–water partition coefficient (Wildman–Crippen LogP) is 2.84. The van der Waals surface area contributed by atoms with Gasteiger partial charge < -0.3 is 20.3 Å². The monoisotopic (exact) mass is 323 g/mol. The van der Waals surface area contributed by atoms with Gasteiger partial charge in [-0.3, -0.25) is 0 Å². The quantitative estimate of drug-likeness (QED) is 0.846. The number of carbonyl (C=O) groups is 1. The highest BCUT2D eigenvalue weighted by molar-refractivity contribution is 5.74. The summed E-state index contributed by atoms with van der Waals surface area (Å²) >= 11 is 0. The topological polar surface area (TPSA) is 53.6 Å². The molecule has 6 heteroatoms. The van der Waals surface area contributed by atoms with Crippen LogP contribution in [-0.2, 0) is 4.74 Å². The van der Waals surface area contributed by atoms with Gasteiger partial charge >= 0.3 is 6.03 Å². The molecule has 0 aliphatic carbocycles. The molecule has 0 saturated carbocycles. The standard InChI is InChI=1S/C17H26FN3O2/c1-13(9-12-23-2)19-17(22)21-10-7-14(8-11-21)20-16-6-4-3-5-15(16)18/h3-6,13-14,20H,7-12H2,1-2H3,(H,19,22)/t13-/m0/s1. The molecule has 2 N–H and O–H groups in total. The minimum atomic E-state index is -0.236. The Labute approximate surface area is 137 Å². The molecule has 1 heterocycles. The first-order valence-electron chi connectivity index (χ1n) is 8.15. The van der Waals surface area contributed by atoms with Crippen molar-refractivity contribution >= 4 is 11.7 Å². The van der Waals surface area contributed by atoms with E-state index in [1.807, 2.05) is 17.9 Å². The molecule has 1 aliphatic rings. The number of rotatable bonds is 6. The van der Waals surface area contributed by atoms with Crippen LogP contribution in [-0.4, -0.2) is 49.8 Å². The summed E-state index contributed by atoms with van der Waals surface area (Å²) in [6.45, 7) is 3.96. The summed E-state index contributed by atoms with van der Waals surface area (Å²) < 4.78 is 18.7. The van der Waals surface area contributed by atoms with E-state index in [2.05, 4.69) is 10.6 Å². The number of nitrogens with one attached hydrogen (secondary N) is 2. The van der Waals surface area contributed by atoms with Gasteiger partial charge in [0, 0.05) is 38.9 Å². The number of halogens is 1. The Kier molecular flexibility index (Phi) is 6.65. The molecule has 1 saturated heterocycles. The number of benzene rings is 1. The van der Waals surface area contributed by atoms with E-state index in [9.17, 15) is 9.18 Å².